The predicted molar refractivity (Wildman–Crippen MR) is 65.6 cm³/mol. The van der Waals surface area contributed by atoms with Gasteiger partial charge in [-0.15, -0.1) is 0 Å². The van der Waals surface area contributed by atoms with E-state index in [1.165, 1.54) is 18.2 Å². The Labute approximate surface area is 109 Å². The molecular formula is C14H9FN2O2. The fourth-order valence-corrected chi connectivity index (χ4v) is 1.50. The van der Waals surface area contributed by atoms with Gasteiger partial charge in [0.15, 0.2) is 17.9 Å². The summed E-state index contributed by atoms with van der Waals surface area (Å²) in [5.74, 6) is -0.477. The predicted octanol–water partition coefficient (Wildman–Crippen LogP) is 3.01. The molecule has 0 atom stereocenters. The second kappa shape index (κ2) is 5.27. The standard InChI is InChI=1S/C14H9FN2O2/c1-9-11(8-18)3-5-14(17-9)19-13-4-2-10(7-16)6-12(13)15/h2-6,8H,1H3. The Morgan fingerprint density at radius 3 is 2.74 bits per heavy atom. The first-order valence-corrected chi connectivity index (χ1v) is 5.44. The van der Waals surface area contributed by atoms with E-state index in [1.807, 2.05) is 6.07 Å². The van der Waals surface area contributed by atoms with Gasteiger partial charge in [0.05, 0.1) is 17.3 Å². The number of hydrogen-bond donors (Lipinski definition) is 0. The topological polar surface area (TPSA) is 63.0 Å². The van der Waals surface area contributed by atoms with E-state index in [9.17, 15) is 9.18 Å². The van der Waals surface area contributed by atoms with Crippen LogP contribution in [0.3, 0.4) is 0 Å². The number of aldehydes is 1. The Balaban J connectivity index is 2.29. The average Bonchev–Trinajstić information content (AvgIpc) is 2.41. The summed E-state index contributed by atoms with van der Waals surface area (Å²) in [4.78, 5) is 14.7. The molecule has 19 heavy (non-hydrogen) atoms. The largest absolute Gasteiger partial charge is 0.436 e. The number of rotatable bonds is 3. The monoisotopic (exact) mass is 256 g/mol. The highest BCUT2D eigenvalue weighted by molar-refractivity contribution is 5.76. The minimum absolute atomic E-state index is 0.0234. The Bertz CT molecular complexity index is 678. The number of benzene rings is 1. The molecule has 0 bridgehead atoms. The molecule has 0 saturated heterocycles. The third-order valence-corrected chi connectivity index (χ3v) is 2.50. The molecule has 0 unspecified atom stereocenters. The Morgan fingerprint density at radius 2 is 2.16 bits per heavy atom. The maximum absolute atomic E-state index is 13.6. The highest BCUT2D eigenvalue weighted by Gasteiger charge is 2.08. The molecule has 0 saturated carbocycles. The van der Waals surface area contributed by atoms with E-state index in [-0.39, 0.29) is 17.2 Å². The maximum atomic E-state index is 13.6. The summed E-state index contributed by atoms with van der Waals surface area (Å²) >= 11 is 0. The van der Waals surface area contributed by atoms with Crippen LogP contribution in [0.5, 0.6) is 11.6 Å². The normalized spacial score (nSPS) is 9.74. The third kappa shape index (κ3) is 2.75. The van der Waals surface area contributed by atoms with Crippen LogP contribution in [0.2, 0.25) is 0 Å². The molecule has 1 heterocycles. The van der Waals surface area contributed by atoms with Crippen molar-refractivity contribution in [2.45, 2.75) is 6.92 Å². The SMILES string of the molecule is Cc1nc(Oc2ccc(C#N)cc2F)ccc1C=O. The number of aryl methyl sites for hydroxylation is 1. The van der Waals surface area contributed by atoms with Crippen molar-refractivity contribution in [3.8, 4) is 17.7 Å². The number of halogens is 1. The number of pyridine rings is 1. The second-order valence-electron chi connectivity index (χ2n) is 3.80. The maximum Gasteiger partial charge on any atom is 0.219 e. The van der Waals surface area contributed by atoms with Crippen molar-refractivity contribution in [3.63, 3.8) is 0 Å². The van der Waals surface area contributed by atoms with Gasteiger partial charge in [0.2, 0.25) is 5.88 Å². The molecule has 0 radical (unpaired) electrons. The van der Waals surface area contributed by atoms with Gasteiger partial charge in [0, 0.05) is 11.6 Å². The Kier molecular flexibility index (Phi) is 3.53. The van der Waals surface area contributed by atoms with Crippen LogP contribution in [0.1, 0.15) is 21.6 Å². The summed E-state index contributed by atoms with van der Waals surface area (Å²) < 4.78 is 18.9. The molecule has 0 spiro atoms. The highest BCUT2D eigenvalue weighted by Crippen LogP contribution is 2.24. The summed E-state index contributed by atoms with van der Waals surface area (Å²) in [7, 11) is 0. The lowest BCUT2D eigenvalue weighted by atomic mass is 10.2. The molecule has 94 valence electrons. The van der Waals surface area contributed by atoms with E-state index in [1.54, 1.807) is 13.0 Å². The van der Waals surface area contributed by atoms with Gasteiger partial charge in [-0.1, -0.05) is 0 Å². The lowest BCUT2D eigenvalue weighted by Crippen LogP contribution is -1.96. The molecule has 0 aliphatic rings. The van der Waals surface area contributed by atoms with E-state index in [0.717, 1.165) is 6.07 Å². The molecule has 1 aromatic heterocycles. The molecule has 2 aromatic rings. The van der Waals surface area contributed by atoms with Crippen molar-refractivity contribution in [2.75, 3.05) is 0 Å². The first kappa shape index (κ1) is 12.7. The molecule has 2 rings (SSSR count). The lowest BCUT2D eigenvalue weighted by Gasteiger charge is -2.07. The van der Waals surface area contributed by atoms with E-state index in [4.69, 9.17) is 10.00 Å². The average molecular weight is 256 g/mol. The third-order valence-electron chi connectivity index (χ3n) is 2.50. The second-order valence-corrected chi connectivity index (χ2v) is 3.80. The van der Waals surface area contributed by atoms with Gasteiger partial charge in [-0.2, -0.15) is 5.26 Å². The zero-order valence-corrected chi connectivity index (χ0v) is 10.1. The quantitative estimate of drug-likeness (QED) is 0.792. The van der Waals surface area contributed by atoms with Crippen molar-refractivity contribution in [3.05, 3.63) is 53.0 Å². The fraction of sp³-hybridized carbons (Fsp3) is 0.0714. The number of carbonyl (C=O) groups excluding carboxylic acids is 1. The molecule has 0 N–H and O–H groups in total. The molecule has 0 fully saturated rings. The van der Waals surface area contributed by atoms with Crippen LogP contribution < -0.4 is 4.74 Å². The van der Waals surface area contributed by atoms with Gasteiger partial charge in [0.25, 0.3) is 0 Å². The molecule has 4 nitrogen and oxygen atoms in total. The van der Waals surface area contributed by atoms with Crippen LogP contribution in [-0.4, -0.2) is 11.3 Å². The van der Waals surface area contributed by atoms with Crippen LogP contribution in [-0.2, 0) is 0 Å². The van der Waals surface area contributed by atoms with Crippen LogP contribution >= 0.6 is 0 Å². The first-order valence-electron chi connectivity index (χ1n) is 5.44. The van der Waals surface area contributed by atoms with Gasteiger partial charge in [-0.25, -0.2) is 9.37 Å². The number of nitrogens with zero attached hydrogens (tertiary/aromatic N) is 2. The zero-order chi connectivity index (χ0) is 13.8. The summed E-state index contributed by atoms with van der Waals surface area (Å²) in [6.45, 7) is 1.66. The summed E-state index contributed by atoms with van der Waals surface area (Å²) in [5.41, 5.74) is 1.17. The molecule has 1 aromatic carbocycles. The van der Waals surface area contributed by atoms with Crippen molar-refractivity contribution in [1.82, 2.24) is 4.98 Å². The molecule has 0 aliphatic carbocycles. The Morgan fingerprint density at radius 1 is 1.37 bits per heavy atom. The number of carbonyl (C=O) groups is 1. The van der Waals surface area contributed by atoms with Crippen LogP contribution in [0.15, 0.2) is 30.3 Å². The highest BCUT2D eigenvalue weighted by atomic mass is 19.1. The van der Waals surface area contributed by atoms with Crippen molar-refractivity contribution in [1.29, 1.82) is 5.26 Å². The minimum Gasteiger partial charge on any atom is -0.436 e. The molecule has 0 aliphatic heterocycles. The van der Waals surface area contributed by atoms with Crippen LogP contribution in [0.4, 0.5) is 4.39 Å². The lowest BCUT2D eigenvalue weighted by molar-refractivity contribution is 0.112. The van der Waals surface area contributed by atoms with E-state index >= 15 is 0 Å². The molecule has 0 amide bonds. The number of ether oxygens (including phenoxy) is 1. The summed E-state index contributed by atoms with van der Waals surface area (Å²) in [5, 5.41) is 8.63. The number of nitriles is 1. The molecular weight excluding hydrogens is 247 g/mol. The smallest absolute Gasteiger partial charge is 0.219 e. The first-order chi connectivity index (χ1) is 9.13. The van der Waals surface area contributed by atoms with Crippen LogP contribution in [0.25, 0.3) is 0 Å². The minimum atomic E-state index is -0.641. The van der Waals surface area contributed by atoms with E-state index in [2.05, 4.69) is 4.98 Å². The summed E-state index contributed by atoms with van der Waals surface area (Å²) in [6.07, 6.45) is 0.689. The zero-order valence-electron chi connectivity index (χ0n) is 10.1. The number of hydrogen-bond acceptors (Lipinski definition) is 4. The number of aromatic nitrogens is 1. The summed E-state index contributed by atoms with van der Waals surface area (Å²) in [6, 6.07) is 8.76. The van der Waals surface area contributed by atoms with Gasteiger partial charge >= 0.3 is 0 Å². The van der Waals surface area contributed by atoms with Gasteiger partial charge < -0.3 is 4.74 Å². The van der Waals surface area contributed by atoms with E-state index < -0.39 is 5.82 Å². The van der Waals surface area contributed by atoms with Gasteiger partial charge in [-0.05, 0) is 31.2 Å². The van der Waals surface area contributed by atoms with Crippen molar-refractivity contribution < 1.29 is 13.9 Å². The Hall–Kier alpha value is -2.74. The van der Waals surface area contributed by atoms with Crippen LogP contribution in [0, 0.1) is 24.1 Å². The van der Waals surface area contributed by atoms with Crippen molar-refractivity contribution in [2.24, 2.45) is 0 Å². The van der Waals surface area contributed by atoms with Gasteiger partial charge in [-0.3, -0.25) is 4.79 Å². The molecule has 5 heteroatoms. The van der Waals surface area contributed by atoms with E-state index in [0.29, 0.717) is 17.5 Å². The fourth-order valence-electron chi connectivity index (χ4n) is 1.50. The van der Waals surface area contributed by atoms with Gasteiger partial charge in [0.1, 0.15) is 0 Å². The van der Waals surface area contributed by atoms with Crippen molar-refractivity contribution >= 4 is 6.29 Å².